The summed E-state index contributed by atoms with van der Waals surface area (Å²) in [5, 5.41) is 3.32. The van der Waals surface area contributed by atoms with Crippen LogP contribution in [0, 0.1) is 5.92 Å². The van der Waals surface area contributed by atoms with E-state index >= 15 is 0 Å². The smallest absolute Gasteiger partial charge is 0.317 e. The van der Waals surface area contributed by atoms with Gasteiger partial charge in [-0.1, -0.05) is 17.7 Å². The number of hydrogen-bond acceptors (Lipinski definition) is 4. The molecule has 0 saturated carbocycles. The van der Waals surface area contributed by atoms with Crippen molar-refractivity contribution in [2.24, 2.45) is 5.92 Å². The lowest BCUT2D eigenvalue weighted by Gasteiger charge is -2.35. The molecule has 136 valence electrons. The minimum atomic E-state index is -0.104. The highest BCUT2D eigenvalue weighted by molar-refractivity contribution is 6.29. The molecule has 7 nitrogen and oxygen atoms in total. The lowest BCUT2D eigenvalue weighted by atomic mass is 9.95. The Bertz CT molecular complexity index is 596. The first kappa shape index (κ1) is 17.9. The number of amides is 3. The largest absolute Gasteiger partial charge is 0.378 e. The number of urea groups is 1. The van der Waals surface area contributed by atoms with Crippen molar-refractivity contribution < 1.29 is 14.3 Å². The quantitative estimate of drug-likeness (QED) is 0.823. The lowest BCUT2D eigenvalue weighted by Crippen LogP contribution is -2.49. The predicted octanol–water partition coefficient (Wildman–Crippen LogP) is 1.52. The second-order valence-electron chi connectivity index (χ2n) is 6.35. The van der Waals surface area contributed by atoms with Crippen molar-refractivity contribution in [1.29, 1.82) is 0 Å². The highest BCUT2D eigenvalue weighted by Gasteiger charge is 2.30. The number of likely N-dealkylation sites (tertiary alicyclic amines) is 1. The Morgan fingerprint density at radius 3 is 2.52 bits per heavy atom. The van der Waals surface area contributed by atoms with Gasteiger partial charge >= 0.3 is 6.03 Å². The molecule has 2 saturated heterocycles. The monoisotopic (exact) mass is 366 g/mol. The van der Waals surface area contributed by atoms with Crippen LogP contribution >= 0.6 is 11.6 Å². The van der Waals surface area contributed by atoms with E-state index in [9.17, 15) is 9.59 Å². The number of nitrogens with zero attached hydrogens (tertiary/aromatic N) is 3. The second-order valence-corrected chi connectivity index (χ2v) is 6.73. The molecule has 0 bridgehead atoms. The maximum Gasteiger partial charge on any atom is 0.317 e. The van der Waals surface area contributed by atoms with Gasteiger partial charge in [0.05, 0.1) is 13.2 Å². The first-order chi connectivity index (χ1) is 12.1. The highest BCUT2D eigenvalue weighted by atomic mass is 35.5. The molecule has 1 N–H and O–H groups in total. The summed E-state index contributed by atoms with van der Waals surface area (Å²) in [5.74, 6) is 0.221. The molecule has 8 heteroatoms. The number of nitrogens with one attached hydrogen (secondary N) is 1. The number of rotatable bonds is 3. The van der Waals surface area contributed by atoms with E-state index in [-0.39, 0.29) is 17.9 Å². The van der Waals surface area contributed by atoms with Crippen LogP contribution in [0.4, 0.5) is 4.79 Å². The van der Waals surface area contributed by atoms with E-state index in [0.717, 1.165) is 5.56 Å². The first-order valence-corrected chi connectivity index (χ1v) is 9.01. The van der Waals surface area contributed by atoms with Crippen LogP contribution in [-0.2, 0) is 16.1 Å². The molecule has 3 amide bonds. The van der Waals surface area contributed by atoms with Gasteiger partial charge in [-0.3, -0.25) is 4.79 Å². The van der Waals surface area contributed by atoms with E-state index in [0.29, 0.717) is 63.9 Å². The summed E-state index contributed by atoms with van der Waals surface area (Å²) in [6.45, 7) is 4.20. The van der Waals surface area contributed by atoms with Crippen molar-refractivity contribution >= 4 is 23.5 Å². The van der Waals surface area contributed by atoms with Crippen LogP contribution in [0.15, 0.2) is 18.3 Å². The van der Waals surface area contributed by atoms with Gasteiger partial charge < -0.3 is 19.9 Å². The summed E-state index contributed by atoms with van der Waals surface area (Å²) in [6, 6.07) is 3.43. The molecule has 1 aromatic rings. The van der Waals surface area contributed by atoms with Gasteiger partial charge in [-0.25, -0.2) is 9.78 Å². The van der Waals surface area contributed by atoms with Crippen molar-refractivity contribution in [2.75, 3.05) is 39.4 Å². The van der Waals surface area contributed by atoms with Crippen LogP contribution in [0.3, 0.4) is 0 Å². The van der Waals surface area contributed by atoms with Crippen LogP contribution in [-0.4, -0.2) is 66.1 Å². The molecule has 25 heavy (non-hydrogen) atoms. The fourth-order valence-electron chi connectivity index (χ4n) is 3.17. The van der Waals surface area contributed by atoms with Crippen LogP contribution in [0.5, 0.6) is 0 Å². The van der Waals surface area contributed by atoms with E-state index in [2.05, 4.69) is 10.3 Å². The van der Waals surface area contributed by atoms with Gasteiger partial charge in [0, 0.05) is 44.8 Å². The summed E-state index contributed by atoms with van der Waals surface area (Å²) in [7, 11) is 0. The van der Waals surface area contributed by atoms with Gasteiger partial charge in [-0.2, -0.15) is 0 Å². The Morgan fingerprint density at radius 2 is 1.88 bits per heavy atom. The van der Waals surface area contributed by atoms with Crippen molar-refractivity contribution in [3.8, 4) is 0 Å². The second kappa shape index (κ2) is 8.49. The third-order valence-corrected chi connectivity index (χ3v) is 4.91. The summed E-state index contributed by atoms with van der Waals surface area (Å²) < 4.78 is 5.29. The third-order valence-electron chi connectivity index (χ3n) is 4.69. The van der Waals surface area contributed by atoms with Gasteiger partial charge in [-0.15, -0.1) is 0 Å². The fraction of sp³-hybridized carbons (Fsp3) is 0.588. The van der Waals surface area contributed by atoms with Crippen molar-refractivity contribution in [3.63, 3.8) is 0 Å². The van der Waals surface area contributed by atoms with E-state index < -0.39 is 0 Å². The average Bonchev–Trinajstić information content (AvgIpc) is 2.67. The molecule has 0 aliphatic carbocycles. The van der Waals surface area contributed by atoms with Gasteiger partial charge in [0.25, 0.3) is 0 Å². The minimum absolute atomic E-state index is 0.0163. The predicted molar refractivity (Wildman–Crippen MR) is 93.2 cm³/mol. The molecular formula is C17H23ClN4O3. The van der Waals surface area contributed by atoms with Gasteiger partial charge in [-0.05, 0) is 24.5 Å². The highest BCUT2D eigenvalue weighted by Crippen LogP contribution is 2.20. The molecular weight excluding hydrogens is 344 g/mol. The summed E-state index contributed by atoms with van der Waals surface area (Å²) >= 11 is 5.75. The molecule has 2 aliphatic rings. The Labute approximate surface area is 152 Å². The molecule has 0 spiro atoms. The number of pyridine rings is 1. The Balaban J connectivity index is 1.42. The zero-order valence-corrected chi connectivity index (χ0v) is 14.9. The molecule has 2 fully saturated rings. The zero-order chi connectivity index (χ0) is 17.6. The summed E-state index contributed by atoms with van der Waals surface area (Å²) in [4.78, 5) is 32.4. The Morgan fingerprint density at radius 1 is 1.16 bits per heavy atom. The van der Waals surface area contributed by atoms with Crippen LogP contribution in [0.25, 0.3) is 0 Å². The molecule has 3 rings (SSSR count). The zero-order valence-electron chi connectivity index (χ0n) is 14.1. The maximum absolute atomic E-state index is 12.5. The van der Waals surface area contributed by atoms with Gasteiger partial charge in [0.1, 0.15) is 5.15 Å². The fourth-order valence-corrected chi connectivity index (χ4v) is 3.28. The number of hydrogen-bond donors (Lipinski definition) is 1. The minimum Gasteiger partial charge on any atom is -0.378 e. The first-order valence-electron chi connectivity index (χ1n) is 8.63. The molecule has 0 aromatic carbocycles. The van der Waals surface area contributed by atoms with E-state index in [1.807, 2.05) is 11.0 Å². The Hall–Kier alpha value is -1.86. The standard InChI is InChI=1S/C17H23ClN4O3/c18-15-2-1-13(11-19-15)12-20-17(24)22-5-3-14(4-6-22)16(23)21-7-9-25-10-8-21/h1-2,11,14H,3-10,12H2,(H,20,24). The van der Waals surface area contributed by atoms with E-state index in [1.165, 1.54) is 0 Å². The lowest BCUT2D eigenvalue weighted by molar-refractivity contribution is -0.141. The maximum atomic E-state index is 12.5. The topological polar surface area (TPSA) is 74.8 Å². The van der Waals surface area contributed by atoms with Gasteiger partial charge in [0.15, 0.2) is 0 Å². The summed E-state index contributed by atoms with van der Waals surface area (Å²) in [6.07, 6.45) is 3.08. The number of carbonyl (C=O) groups excluding carboxylic acids is 2. The molecule has 0 unspecified atom stereocenters. The number of carbonyl (C=O) groups is 2. The summed E-state index contributed by atoms with van der Waals surface area (Å²) in [5.41, 5.74) is 0.898. The van der Waals surface area contributed by atoms with Crippen LogP contribution in [0.2, 0.25) is 5.15 Å². The number of morpholine rings is 1. The van der Waals surface area contributed by atoms with Crippen molar-refractivity contribution in [3.05, 3.63) is 29.0 Å². The Kier molecular flexibility index (Phi) is 6.09. The molecule has 1 aromatic heterocycles. The SMILES string of the molecule is O=C(NCc1ccc(Cl)nc1)N1CCC(C(=O)N2CCOCC2)CC1. The number of halogens is 1. The molecule has 2 aliphatic heterocycles. The van der Waals surface area contributed by atoms with Crippen LogP contribution in [0.1, 0.15) is 18.4 Å². The normalized spacial score (nSPS) is 18.9. The molecule has 0 atom stereocenters. The average molecular weight is 367 g/mol. The van der Waals surface area contributed by atoms with Crippen LogP contribution < -0.4 is 5.32 Å². The third kappa shape index (κ3) is 4.83. The number of piperidine rings is 1. The molecule has 0 radical (unpaired) electrons. The number of ether oxygens (including phenoxy) is 1. The van der Waals surface area contributed by atoms with E-state index in [4.69, 9.17) is 16.3 Å². The van der Waals surface area contributed by atoms with E-state index in [1.54, 1.807) is 17.2 Å². The van der Waals surface area contributed by atoms with Crippen molar-refractivity contribution in [1.82, 2.24) is 20.1 Å². The van der Waals surface area contributed by atoms with Gasteiger partial charge in [0.2, 0.25) is 5.91 Å². The molecule has 3 heterocycles. The number of aromatic nitrogens is 1. The van der Waals surface area contributed by atoms with Crippen molar-refractivity contribution in [2.45, 2.75) is 19.4 Å².